The number of hydrogen-bond acceptors (Lipinski definition) is 4. The molecule has 0 saturated carbocycles. The summed E-state index contributed by atoms with van der Waals surface area (Å²) < 4.78 is 10.8. The first-order valence-electron chi connectivity index (χ1n) is 7.27. The highest BCUT2D eigenvalue weighted by Gasteiger charge is 2.32. The number of amides is 1. The topological polar surface area (TPSA) is 42.7 Å². The average molecular weight is 317 g/mol. The molecular formula is C17H19NO3S. The Labute approximate surface area is 134 Å². The van der Waals surface area contributed by atoms with Gasteiger partial charge in [0.2, 0.25) is 5.91 Å². The lowest BCUT2D eigenvalue weighted by Crippen LogP contribution is -2.31. The summed E-state index contributed by atoms with van der Waals surface area (Å²) in [5.41, 5.74) is 0.997. The highest BCUT2D eigenvalue weighted by atomic mass is 32.2. The van der Waals surface area contributed by atoms with E-state index in [2.05, 4.69) is 0 Å². The number of hydrogen-bond donors (Lipinski definition) is 0. The second kappa shape index (κ2) is 6.48. The van der Waals surface area contributed by atoms with Crippen LogP contribution in [0, 0.1) is 6.92 Å². The van der Waals surface area contributed by atoms with Gasteiger partial charge in [-0.2, -0.15) is 0 Å². The Bertz CT molecular complexity index is 650. The van der Waals surface area contributed by atoms with E-state index >= 15 is 0 Å². The van der Waals surface area contributed by atoms with Gasteiger partial charge in [0.15, 0.2) is 0 Å². The minimum absolute atomic E-state index is 0.000511. The van der Waals surface area contributed by atoms with Crippen LogP contribution in [0.25, 0.3) is 0 Å². The number of nitrogens with zero attached hydrogens (tertiary/aromatic N) is 1. The molecule has 1 unspecified atom stereocenters. The van der Waals surface area contributed by atoms with Crippen LogP contribution in [0.2, 0.25) is 0 Å². The molecule has 0 radical (unpaired) electrons. The summed E-state index contributed by atoms with van der Waals surface area (Å²) in [5.74, 6) is 3.62. The summed E-state index contributed by atoms with van der Waals surface area (Å²) in [6.45, 7) is 2.69. The molecule has 2 aromatic rings. The number of aryl methyl sites for hydroxylation is 1. The van der Waals surface area contributed by atoms with Gasteiger partial charge in [0, 0.05) is 12.3 Å². The molecule has 3 rings (SSSR count). The van der Waals surface area contributed by atoms with Crippen molar-refractivity contribution in [2.75, 3.05) is 19.4 Å². The van der Waals surface area contributed by atoms with Crippen molar-refractivity contribution in [1.82, 2.24) is 4.90 Å². The molecule has 0 N–H and O–H groups in total. The first kappa shape index (κ1) is 15.0. The van der Waals surface area contributed by atoms with Crippen LogP contribution >= 0.6 is 11.8 Å². The lowest BCUT2D eigenvalue weighted by atomic mass is 10.1. The Morgan fingerprint density at radius 1 is 1.32 bits per heavy atom. The molecule has 5 heteroatoms. The molecular weight excluding hydrogens is 298 g/mol. The van der Waals surface area contributed by atoms with E-state index < -0.39 is 0 Å². The van der Waals surface area contributed by atoms with E-state index in [9.17, 15) is 4.79 Å². The number of thioether (sulfide) groups is 1. The molecule has 116 valence electrons. The van der Waals surface area contributed by atoms with Crippen molar-refractivity contribution < 1.29 is 13.9 Å². The van der Waals surface area contributed by atoms with Crippen LogP contribution in [-0.4, -0.2) is 30.2 Å². The van der Waals surface area contributed by atoms with Crippen molar-refractivity contribution in [3.8, 4) is 5.75 Å². The van der Waals surface area contributed by atoms with E-state index in [0.29, 0.717) is 6.42 Å². The van der Waals surface area contributed by atoms with Crippen LogP contribution in [-0.2, 0) is 11.2 Å². The maximum absolute atomic E-state index is 12.6. The van der Waals surface area contributed by atoms with Crippen LogP contribution in [0.15, 0.2) is 40.8 Å². The van der Waals surface area contributed by atoms with Gasteiger partial charge >= 0.3 is 0 Å². The van der Waals surface area contributed by atoms with E-state index in [4.69, 9.17) is 9.15 Å². The molecule has 2 heterocycles. The first-order valence-corrected chi connectivity index (χ1v) is 8.32. The van der Waals surface area contributed by atoms with Gasteiger partial charge in [-0.3, -0.25) is 4.79 Å². The largest absolute Gasteiger partial charge is 0.497 e. The molecule has 0 bridgehead atoms. The summed E-state index contributed by atoms with van der Waals surface area (Å²) in [5, 5.41) is -0.000511. The Kier molecular flexibility index (Phi) is 4.43. The number of benzene rings is 1. The summed E-state index contributed by atoms with van der Waals surface area (Å²) in [6, 6.07) is 11.5. The molecule has 1 saturated heterocycles. The maximum atomic E-state index is 12.6. The Balaban J connectivity index is 1.70. The zero-order chi connectivity index (χ0) is 15.5. The fraction of sp³-hybridized carbons (Fsp3) is 0.353. The quantitative estimate of drug-likeness (QED) is 0.866. The third-order valence-electron chi connectivity index (χ3n) is 3.73. The second-order valence-electron chi connectivity index (χ2n) is 5.28. The fourth-order valence-corrected chi connectivity index (χ4v) is 3.79. The van der Waals surface area contributed by atoms with Gasteiger partial charge < -0.3 is 14.1 Å². The van der Waals surface area contributed by atoms with Crippen molar-refractivity contribution in [3.05, 3.63) is 53.5 Å². The minimum atomic E-state index is -0.000511. The normalized spacial score (nSPS) is 17.7. The predicted octanol–water partition coefficient (Wildman–Crippen LogP) is 3.41. The minimum Gasteiger partial charge on any atom is -0.497 e. The smallest absolute Gasteiger partial charge is 0.228 e. The third-order valence-corrected chi connectivity index (χ3v) is 4.95. The van der Waals surface area contributed by atoms with Gasteiger partial charge in [-0.1, -0.05) is 12.1 Å². The maximum Gasteiger partial charge on any atom is 0.228 e. The average Bonchev–Trinajstić information content (AvgIpc) is 3.16. The second-order valence-corrected chi connectivity index (χ2v) is 6.47. The molecule has 1 amide bonds. The Morgan fingerprint density at radius 2 is 2.09 bits per heavy atom. The molecule has 0 aliphatic carbocycles. The zero-order valence-electron chi connectivity index (χ0n) is 12.7. The van der Waals surface area contributed by atoms with Crippen molar-refractivity contribution in [2.45, 2.75) is 18.7 Å². The monoisotopic (exact) mass is 317 g/mol. The lowest BCUT2D eigenvalue weighted by Gasteiger charge is -2.22. The number of rotatable bonds is 4. The summed E-state index contributed by atoms with van der Waals surface area (Å²) in [7, 11) is 1.64. The Morgan fingerprint density at radius 3 is 2.73 bits per heavy atom. The first-order chi connectivity index (χ1) is 10.7. The van der Waals surface area contributed by atoms with Gasteiger partial charge in [-0.05, 0) is 36.8 Å². The fourth-order valence-electron chi connectivity index (χ4n) is 2.57. The molecule has 4 nitrogen and oxygen atoms in total. The molecule has 1 atom stereocenters. The molecule has 22 heavy (non-hydrogen) atoms. The highest BCUT2D eigenvalue weighted by molar-refractivity contribution is 7.99. The molecule has 0 spiro atoms. The summed E-state index contributed by atoms with van der Waals surface area (Å²) in [4.78, 5) is 14.5. The molecule has 1 aromatic heterocycles. The number of methoxy groups -OCH3 is 1. The third kappa shape index (κ3) is 3.14. The molecule has 1 aliphatic heterocycles. The predicted molar refractivity (Wildman–Crippen MR) is 87.1 cm³/mol. The van der Waals surface area contributed by atoms with Gasteiger partial charge in [-0.15, -0.1) is 11.8 Å². The van der Waals surface area contributed by atoms with E-state index in [-0.39, 0.29) is 11.3 Å². The van der Waals surface area contributed by atoms with Gasteiger partial charge in [0.05, 0.1) is 13.5 Å². The van der Waals surface area contributed by atoms with Crippen LogP contribution in [0.5, 0.6) is 5.75 Å². The van der Waals surface area contributed by atoms with Gasteiger partial charge in [0.1, 0.15) is 22.6 Å². The van der Waals surface area contributed by atoms with E-state index in [1.165, 1.54) is 0 Å². The molecule has 1 aromatic carbocycles. The highest BCUT2D eigenvalue weighted by Crippen LogP contribution is 2.38. The van der Waals surface area contributed by atoms with Crippen LogP contribution in [0.3, 0.4) is 0 Å². The van der Waals surface area contributed by atoms with E-state index in [1.807, 2.05) is 48.2 Å². The zero-order valence-corrected chi connectivity index (χ0v) is 13.6. The van der Waals surface area contributed by atoms with Crippen molar-refractivity contribution in [3.63, 3.8) is 0 Å². The van der Waals surface area contributed by atoms with Crippen LogP contribution in [0.4, 0.5) is 0 Å². The Hall–Kier alpha value is -1.88. The number of ether oxygens (including phenoxy) is 1. The van der Waals surface area contributed by atoms with Crippen LogP contribution < -0.4 is 4.74 Å². The SMILES string of the molecule is COc1ccc(CC(=O)N2CCSC2c2ccc(C)o2)cc1. The van der Waals surface area contributed by atoms with Gasteiger partial charge in [0.25, 0.3) is 0 Å². The number of furan rings is 1. The van der Waals surface area contributed by atoms with Crippen molar-refractivity contribution >= 4 is 17.7 Å². The number of carbonyl (C=O) groups is 1. The van der Waals surface area contributed by atoms with E-state index in [0.717, 1.165) is 35.1 Å². The van der Waals surface area contributed by atoms with Crippen molar-refractivity contribution in [2.24, 2.45) is 0 Å². The van der Waals surface area contributed by atoms with E-state index in [1.54, 1.807) is 18.9 Å². The number of carbonyl (C=O) groups excluding carboxylic acids is 1. The lowest BCUT2D eigenvalue weighted by molar-refractivity contribution is -0.130. The molecule has 1 aliphatic rings. The van der Waals surface area contributed by atoms with Crippen molar-refractivity contribution in [1.29, 1.82) is 0 Å². The standard InChI is InChI=1S/C17H19NO3S/c1-12-3-8-15(21-12)17-18(9-10-22-17)16(19)11-13-4-6-14(20-2)7-5-13/h3-8,17H,9-11H2,1-2H3. The summed E-state index contributed by atoms with van der Waals surface area (Å²) in [6.07, 6.45) is 0.404. The molecule has 1 fully saturated rings. The van der Waals surface area contributed by atoms with Gasteiger partial charge in [-0.25, -0.2) is 0 Å². The van der Waals surface area contributed by atoms with Crippen LogP contribution in [0.1, 0.15) is 22.5 Å². The summed E-state index contributed by atoms with van der Waals surface area (Å²) >= 11 is 1.75.